The van der Waals surface area contributed by atoms with Crippen LogP contribution >= 0.6 is 24.0 Å². The van der Waals surface area contributed by atoms with Crippen LogP contribution in [0, 0.1) is 5.92 Å². The summed E-state index contributed by atoms with van der Waals surface area (Å²) in [5.74, 6) is 0.970. The van der Waals surface area contributed by atoms with Crippen molar-refractivity contribution in [3.8, 4) is 0 Å². The second-order valence-corrected chi connectivity index (χ2v) is 6.40. The fraction of sp³-hybridized carbons (Fsp3) is 0.688. The molecule has 0 saturated carbocycles. The van der Waals surface area contributed by atoms with Crippen LogP contribution in [0.15, 0.2) is 23.3 Å². The number of nitrogens with one attached hydrogen (secondary N) is 1. The van der Waals surface area contributed by atoms with Gasteiger partial charge in [-0.3, -0.25) is 9.89 Å². The molecule has 1 aromatic rings. The quantitative estimate of drug-likeness (QED) is 0.406. The van der Waals surface area contributed by atoms with Crippen molar-refractivity contribution in [2.45, 2.75) is 19.1 Å². The van der Waals surface area contributed by atoms with Crippen LogP contribution in [0.3, 0.4) is 0 Å². The Kier molecular flexibility index (Phi) is 8.52. The molecule has 1 saturated heterocycles. The molecule has 0 radical (unpaired) electrons. The Morgan fingerprint density at radius 2 is 2.16 bits per heavy atom. The minimum Gasteiger partial charge on any atom is -0.356 e. The van der Waals surface area contributed by atoms with Crippen LogP contribution in [0.1, 0.15) is 12.1 Å². The van der Waals surface area contributed by atoms with E-state index in [1.54, 1.807) is 7.05 Å². The number of guanidine groups is 1. The molecule has 5 nitrogen and oxygen atoms in total. The number of alkyl halides is 3. The van der Waals surface area contributed by atoms with Crippen LogP contribution in [0.5, 0.6) is 0 Å². The van der Waals surface area contributed by atoms with Crippen LogP contribution in [0.2, 0.25) is 0 Å². The molecule has 2 rings (SSSR count). The van der Waals surface area contributed by atoms with Crippen LogP contribution < -0.4 is 5.32 Å². The number of halogens is 4. The highest BCUT2D eigenvalue weighted by molar-refractivity contribution is 14.0. The van der Waals surface area contributed by atoms with Gasteiger partial charge in [-0.2, -0.15) is 13.2 Å². The van der Waals surface area contributed by atoms with Gasteiger partial charge in [0.25, 0.3) is 0 Å². The molecular formula is C16H27F3IN5. The van der Waals surface area contributed by atoms with Gasteiger partial charge in [0, 0.05) is 46.1 Å². The van der Waals surface area contributed by atoms with Crippen LogP contribution in [-0.4, -0.2) is 66.8 Å². The fourth-order valence-electron chi connectivity index (χ4n) is 3.08. The summed E-state index contributed by atoms with van der Waals surface area (Å²) in [6.07, 6.45) is -1.34. The minimum absolute atomic E-state index is 0. The van der Waals surface area contributed by atoms with Crippen molar-refractivity contribution in [1.29, 1.82) is 0 Å². The molecule has 144 valence electrons. The minimum atomic E-state index is -4.12. The van der Waals surface area contributed by atoms with E-state index in [0.29, 0.717) is 26.2 Å². The molecule has 1 unspecified atom stereocenters. The Bertz CT molecular complexity index is 558. The van der Waals surface area contributed by atoms with E-state index in [-0.39, 0.29) is 29.9 Å². The second-order valence-electron chi connectivity index (χ2n) is 6.40. The van der Waals surface area contributed by atoms with Gasteiger partial charge in [0.2, 0.25) is 0 Å². The van der Waals surface area contributed by atoms with E-state index >= 15 is 0 Å². The molecule has 1 aliphatic rings. The third kappa shape index (κ3) is 7.04. The molecule has 1 aromatic heterocycles. The highest BCUT2D eigenvalue weighted by atomic mass is 127. The number of rotatable bonds is 5. The summed E-state index contributed by atoms with van der Waals surface area (Å²) in [5.41, 5.74) is 1.16. The third-order valence-electron chi connectivity index (χ3n) is 4.35. The van der Waals surface area contributed by atoms with Gasteiger partial charge >= 0.3 is 6.18 Å². The van der Waals surface area contributed by atoms with Crippen LogP contribution in [0.4, 0.5) is 13.2 Å². The first-order chi connectivity index (χ1) is 11.3. The lowest BCUT2D eigenvalue weighted by Crippen LogP contribution is -2.41. The topological polar surface area (TPSA) is 35.8 Å². The number of hydrogen-bond acceptors (Lipinski definition) is 2. The molecule has 1 N–H and O–H groups in total. The van der Waals surface area contributed by atoms with Gasteiger partial charge < -0.3 is 14.8 Å². The second kappa shape index (κ2) is 9.65. The smallest absolute Gasteiger partial charge is 0.356 e. The lowest BCUT2D eigenvalue weighted by Gasteiger charge is -2.24. The third-order valence-corrected chi connectivity index (χ3v) is 4.35. The van der Waals surface area contributed by atoms with Gasteiger partial charge in [-0.25, -0.2) is 0 Å². The Labute approximate surface area is 164 Å². The maximum atomic E-state index is 12.4. The van der Waals surface area contributed by atoms with E-state index in [1.165, 1.54) is 4.90 Å². The standard InChI is InChI=1S/C16H26F3N5.HI/c1-20-15(23(3)11-14-5-4-7-22(14)2)21-9-13-6-8-24(10-13)12-16(17,18)19;/h4-5,7,13H,6,8-12H2,1-3H3,(H,20,21);1H. The van der Waals surface area contributed by atoms with Crippen molar-refractivity contribution in [3.05, 3.63) is 24.0 Å². The van der Waals surface area contributed by atoms with E-state index in [1.807, 2.05) is 31.3 Å². The summed E-state index contributed by atoms with van der Waals surface area (Å²) in [5, 5.41) is 3.29. The Hall–Kier alpha value is -0.970. The van der Waals surface area contributed by atoms with Gasteiger partial charge in [-0.15, -0.1) is 24.0 Å². The SMILES string of the molecule is CN=C(NCC1CCN(CC(F)(F)F)C1)N(C)Cc1cccn1C.I. The highest BCUT2D eigenvalue weighted by Crippen LogP contribution is 2.22. The lowest BCUT2D eigenvalue weighted by molar-refractivity contribution is -0.143. The zero-order valence-corrected chi connectivity index (χ0v) is 17.2. The van der Waals surface area contributed by atoms with Gasteiger partial charge in [-0.05, 0) is 31.0 Å². The Morgan fingerprint density at radius 1 is 1.44 bits per heavy atom. The molecule has 2 heterocycles. The lowest BCUT2D eigenvalue weighted by atomic mass is 10.1. The van der Waals surface area contributed by atoms with Crippen molar-refractivity contribution >= 4 is 29.9 Å². The van der Waals surface area contributed by atoms with E-state index in [0.717, 1.165) is 18.1 Å². The normalized spacial score (nSPS) is 19.0. The number of aromatic nitrogens is 1. The van der Waals surface area contributed by atoms with Crippen molar-refractivity contribution in [1.82, 2.24) is 19.7 Å². The number of aliphatic imine (C=N–C) groups is 1. The van der Waals surface area contributed by atoms with E-state index in [9.17, 15) is 13.2 Å². The van der Waals surface area contributed by atoms with Gasteiger partial charge in [0.05, 0.1) is 13.1 Å². The van der Waals surface area contributed by atoms with Gasteiger partial charge in [0.1, 0.15) is 0 Å². The molecule has 0 bridgehead atoms. The van der Waals surface area contributed by atoms with Crippen molar-refractivity contribution < 1.29 is 13.2 Å². The van der Waals surface area contributed by atoms with Crippen molar-refractivity contribution in [3.63, 3.8) is 0 Å². The van der Waals surface area contributed by atoms with E-state index < -0.39 is 12.7 Å². The van der Waals surface area contributed by atoms with Gasteiger partial charge in [0.15, 0.2) is 5.96 Å². The maximum absolute atomic E-state index is 12.4. The Balaban J connectivity index is 0.00000312. The monoisotopic (exact) mass is 473 g/mol. The summed E-state index contributed by atoms with van der Waals surface area (Å²) in [4.78, 5) is 7.75. The highest BCUT2D eigenvalue weighted by Gasteiger charge is 2.34. The molecule has 9 heteroatoms. The fourth-order valence-corrected chi connectivity index (χ4v) is 3.08. The predicted octanol–water partition coefficient (Wildman–Crippen LogP) is 2.53. The summed E-state index contributed by atoms with van der Waals surface area (Å²) in [6, 6.07) is 4.04. The van der Waals surface area contributed by atoms with Crippen molar-refractivity contribution in [2.75, 3.05) is 40.3 Å². The molecule has 0 amide bonds. The zero-order chi connectivity index (χ0) is 17.7. The first kappa shape index (κ1) is 22.1. The summed E-state index contributed by atoms with van der Waals surface area (Å²) >= 11 is 0. The number of nitrogens with zero attached hydrogens (tertiary/aromatic N) is 4. The summed E-state index contributed by atoms with van der Waals surface area (Å²) in [6.45, 7) is 1.52. The molecule has 25 heavy (non-hydrogen) atoms. The molecular weight excluding hydrogens is 446 g/mol. The zero-order valence-electron chi connectivity index (χ0n) is 14.9. The molecule has 0 aliphatic carbocycles. The predicted molar refractivity (Wildman–Crippen MR) is 104 cm³/mol. The summed E-state index contributed by atoms with van der Waals surface area (Å²) in [7, 11) is 5.66. The van der Waals surface area contributed by atoms with E-state index in [4.69, 9.17) is 0 Å². The molecule has 0 spiro atoms. The summed E-state index contributed by atoms with van der Waals surface area (Å²) < 4.78 is 39.4. The van der Waals surface area contributed by atoms with Gasteiger partial charge in [-0.1, -0.05) is 0 Å². The van der Waals surface area contributed by atoms with Crippen molar-refractivity contribution in [2.24, 2.45) is 18.0 Å². The largest absolute Gasteiger partial charge is 0.401 e. The number of likely N-dealkylation sites (tertiary alicyclic amines) is 1. The number of hydrogen-bond donors (Lipinski definition) is 1. The molecule has 1 fully saturated rings. The molecule has 1 atom stereocenters. The average Bonchev–Trinajstić information content (AvgIpc) is 3.08. The molecule has 0 aromatic carbocycles. The van der Waals surface area contributed by atoms with Crippen LogP contribution in [0.25, 0.3) is 0 Å². The Morgan fingerprint density at radius 3 is 2.72 bits per heavy atom. The van der Waals surface area contributed by atoms with Crippen LogP contribution in [-0.2, 0) is 13.6 Å². The first-order valence-electron chi connectivity index (χ1n) is 8.09. The maximum Gasteiger partial charge on any atom is 0.401 e. The average molecular weight is 473 g/mol. The molecule has 1 aliphatic heterocycles. The number of aryl methyl sites for hydroxylation is 1. The first-order valence-corrected chi connectivity index (χ1v) is 8.09. The van der Waals surface area contributed by atoms with E-state index in [2.05, 4.69) is 20.9 Å².